The van der Waals surface area contributed by atoms with Crippen LogP contribution in [-0.4, -0.2) is 49.4 Å². The number of para-hydroxylation sites is 1. The van der Waals surface area contributed by atoms with Crippen LogP contribution in [0.5, 0.6) is 5.75 Å². The summed E-state index contributed by atoms with van der Waals surface area (Å²) in [5, 5.41) is 3.06. The minimum Gasteiger partial charge on any atom is -0.488 e. The van der Waals surface area contributed by atoms with E-state index >= 15 is 0 Å². The van der Waals surface area contributed by atoms with Crippen molar-refractivity contribution in [1.82, 2.24) is 10.2 Å². The number of carbonyl (C=O) groups is 1. The van der Waals surface area contributed by atoms with Crippen molar-refractivity contribution in [2.75, 3.05) is 26.3 Å². The maximum absolute atomic E-state index is 13.8. The van der Waals surface area contributed by atoms with Gasteiger partial charge >= 0.3 is 6.03 Å². The molecule has 2 rings (SSSR count). The number of rotatable bonds is 6. The topological polar surface area (TPSA) is 50.8 Å². The van der Waals surface area contributed by atoms with Crippen molar-refractivity contribution < 1.29 is 18.7 Å². The number of likely N-dealkylation sites (tertiary alicyclic amines) is 1. The molecule has 2 atom stereocenters. The maximum Gasteiger partial charge on any atom is 0.317 e. The van der Waals surface area contributed by atoms with Gasteiger partial charge in [-0.1, -0.05) is 32.9 Å². The molecule has 6 heteroatoms. The van der Waals surface area contributed by atoms with Gasteiger partial charge in [0.25, 0.3) is 0 Å². The van der Waals surface area contributed by atoms with Crippen LogP contribution in [0.15, 0.2) is 24.3 Å². The Balaban J connectivity index is 1.96. The Kier molecular flexibility index (Phi) is 7.26. The fourth-order valence-electron chi connectivity index (χ4n) is 2.98. The predicted molar refractivity (Wildman–Crippen MR) is 99.9 cm³/mol. The SMILES string of the molecule is CCOC1CCCN(C(=O)NC(COc2ccccc2F)C(C)(C)C)C1. The van der Waals surface area contributed by atoms with E-state index in [0.29, 0.717) is 13.2 Å². The molecule has 1 aliphatic rings. The Morgan fingerprint density at radius 1 is 1.38 bits per heavy atom. The fourth-order valence-corrected chi connectivity index (χ4v) is 2.98. The molecule has 5 nitrogen and oxygen atoms in total. The van der Waals surface area contributed by atoms with Crippen molar-refractivity contribution in [3.05, 3.63) is 30.1 Å². The van der Waals surface area contributed by atoms with Gasteiger partial charge in [0, 0.05) is 19.7 Å². The Labute approximate surface area is 155 Å². The molecule has 1 aromatic rings. The van der Waals surface area contributed by atoms with E-state index < -0.39 is 5.82 Å². The van der Waals surface area contributed by atoms with Crippen molar-refractivity contribution >= 4 is 6.03 Å². The van der Waals surface area contributed by atoms with E-state index in [0.717, 1.165) is 19.4 Å². The molecular weight excluding hydrogens is 335 g/mol. The lowest BCUT2D eigenvalue weighted by atomic mass is 9.87. The van der Waals surface area contributed by atoms with Crippen molar-refractivity contribution in [2.24, 2.45) is 5.41 Å². The molecule has 2 amide bonds. The van der Waals surface area contributed by atoms with Crippen LogP contribution in [0.3, 0.4) is 0 Å². The third-order valence-corrected chi connectivity index (χ3v) is 4.65. The number of nitrogens with zero attached hydrogens (tertiary/aromatic N) is 1. The van der Waals surface area contributed by atoms with Crippen molar-refractivity contribution in [1.29, 1.82) is 0 Å². The first-order valence-corrected chi connectivity index (χ1v) is 9.35. The van der Waals surface area contributed by atoms with Crippen LogP contribution in [0.2, 0.25) is 0 Å². The van der Waals surface area contributed by atoms with Crippen LogP contribution >= 0.6 is 0 Å². The zero-order chi connectivity index (χ0) is 19.2. The third kappa shape index (κ3) is 5.87. The summed E-state index contributed by atoms with van der Waals surface area (Å²) in [6.45, 7) is 10.2. The number of carbonyl (C=O) groups excluding carboxylic acids is 1. The lowest BCUT2D eigenvalue weighted by molar-refractivity contribution is 0.0152. The summed E-state index contributed by atoms with van der Waals surface area (Å²) in [6, 6.07) is 5.94. The summed E-state index contributed by atoms with van der Waals surface area (Å²) in [5.41, 5.74) is -0.226. The number of amides is 2. The zero-order valence-corrected chi connectivity index (χ0v) is 16.3. The number of piperidine rings is 1. The third-order valence-electron chi connectivity index (χ3n) is 4.65. The predicted octanol–water partition coefficient (Wildman–Crippen LogP) is 3.83. The lowest BCUT2D eigenvalue weighted by Gasteiger charge is -2.36. The van der Waals surface area contributed by atoms with Crippen LogP contribution in [-0.2, 0) is 4.74 Å². The Bertz CT molecular complexity index is 587. The summed E-state index contributed by atoms with van der Waals surface area (Å²) < 4.78 is 25.1. The van der Waals surface area contributed by atoms with Gasteiger partial charge in [-0.05, 0) is 37.3 Å². The summed E-state index contributed by atoms with van der Waals surface area (Å²) in [4.78, 5) is 14.5. The number of hydrogen-bond donors (Lipinski definition) is 1. The molecule has 146 valence electrons. The molecule has 0 spiro atoms. The zero-order valence-electron chi connectivity index (χ0n) is 16.3. The van der Waals surface area contributed by atoms with Crippen molar-refractivity contribution in [3.8, 4) is 5.75 Å². The Morgan fingerprint density at radius 2 is 2.12 bits per heavy atom. The molecule has 0 aromatic heterocycles. The molecule has 1 aromatic carbocycles. The number of nitrogens with one attached hydrogen (secondary N) is 1. The summed E-state index contributed by atoms with van der Waals surface area (Å²) in [6.07, 6.45) is 2.02. The van der Waals surface area contributed by atoms with Crippen LogP contribution in [0, 0.1) is 11.2 Å². The fraction of sp³-hybridized carbons (Fsp3) is 0.650. The van der Waals surface area contributed by atoms with Gasteiger partial charge in [-0.3, -0.25) is 0 Å². The van der Waals surface area contributed by atoms with Crippen LogP contribution in [0.1, 0.15) is 40.5 Å². The first-order valence-electron chi connectivity index (χ1n) is 9.35. The Hall–Kier alpha value is -1.82. The molecule has 1 N–H and O–H groups in total. The van der Waals surface area contributed by atoms with Gasteiger partial charge in [0.15, 0.2) is 11.6 Å². The van der Waals surface area contributed by atoms with E-state index in [1.165, 1.54) is 6.07 Å². The number of urea groups is 1. The molecule has 26 heavy (non-hydrogen) atoms. The normalized spacial score (nSPS) is 19.1. The van der Waals surface area contributed by atoms with Crippen LogP contribution in [0.25, 0.3) is 0 Å². The highest BCUT2D eigenvalue weighted by atomic mass is 19.1. The smallest absolute Gasteiger partial charge is 0.317 e. The maximum atomic E-state index is 13.8. The van der Waals surface area contributed by atoms with E-state index in [2.05, 4.69) is 5.32 Å². The number of benzene rings is 1. The van der Waals surface area contributed by atoms with Gasteiger partial charge in [0.05, 0.1) is 12.1 Å². The minimum atomic E-state index is -0.401. The lowest BCUT2D eigenvalue weighted by Crippen LogP contribution is -2.54. The number of hydrogen-bond acceptors (Lipinski definition) is 3. The first kappa shape index (κ1) is 20.5. The molecule has 1 aliphatic heterocycles. The molecule has 0 aliphatic carbocycles. The average molecular weight is 366 g/mol. The largest absolute Gasteiger partial charge is 0.488 e. The second kappa shape index (κ2) is 9.21. The number of ether oxygens (including phenoxy) is 2. The van der Waals surface area contributed by atoms with Crippen LogP contribution in [0.4, 0.5) is 9.18 Å². The quantitative estimate of drug-likeness (QED) is 0.832. The van der Waals surface area contributed by atoms with Crippen LogP contribution < -0.4 is 10.1 Å². The van der Waals surface area contributed by atoms with Gasteiger partial charge in [-0.15, -0.1) is 0 Å². The van der Waals surface area contributed by atoms with Crippen molar-refractivity contribution in [3.63, 3.8) is 0 Å². The average Bonchev–Trinajstić information content (AvgIpc) is 2.59. The number of halogens is 1. The first-order chi connectivity index (χ1) is 12.3. The monoisotopic (exact) mass is 366 g/mol. The van der Waals surface area contributed by atoms with E-state index in [-0.39, 0.29) is 35.9 Å². The summed E-state index contributed by atoms with van der Waals surface area (Å²) in [5.74, 6) is -0.201. The van der Waals surface area contributed by atoms with Gasteiger partial charge < -0.3 is 19.7 Å². The molecule has 0 radical (unpaired) electrons. The van der Waals surface area contributed by atoms with Gasteiger partial charge in [0.2, 0.25) is 0 Å². The highest BCUT2D eigenvalue weighted by Gasteiger charge is 2.31. The van der Waals surface area contributed by atoms with E-state index in [4.69, 9.17) is 9.47 Å². The van der Waals surface area contributed by atoms with E-state index in [1.54, 1.807) is 23.1 Å². The highest BCUT2D eigenvalue weighted by Crippen LogP contribution is 2.23. The molecule has 2 unspecified atom stereocenters. The summed E-state index contributed by atoms with van der Waals surface area (Å²) in [7, 11) is 0. The molecule has 1 saturated heterocycles. The van der Waals surface area contributed by atoms with Gasteiger partial charge in [0.1, 0.15) is 6.61 Å². The van der Waals surface area contributed by atoms with E-state index in [1.807, 2.05) is 27.7 Å². The second-order valence-electron chi connectivity index (χ2n) is 7.78. The minimum absolute atomic E-state index is 0.0993. The Morgan fingerprint density at radius 3 is 2.77 bits per heavy atom. The summed E-state index contributed by atoms with van der Waals surface area (Å²) >= 11 is 0. The van der Waals surface area contributed by atoms with E-state index in [9.17, 15) is 9.18 Å². The van der Waals surface area contributed by atoms with Gasteiger partial charge in [-0.2, -0.15) is 0 Å². The molecular formula is C20H31FN2O3. The second-order valence-corrected chi connectivity index (χ2v) is 7.78. The molecule has 1 fully saturated rings. The standard InChI is InChI=1S/C20H31FN2O3/c1-5-25-15-9-8-12-23(13-15)19(24)22-18(20(2,3)4)14-26-17-11-7-6-10-16(17)21/h6-7,10-11,15,18H,5,8-9,12-14H2,1-4H3,(H,22,24). The molecule has 0 saturated carbocycles. The highest BCUT2D eigenvalue weighted by molar-refractivity contribution is 5.74. The molecule has 0 bridgehead atoms. The van der Waals surface area contributed by atoms with Gasteiger partial charge in [-0.25, -0.2) is 9.18 Å². The molecule has 1 heterocycles. The van der Waals surface area contributed by atoms with Crippen molar-refractivity contribution in [2.45, 2.75) is 52.7 Å².